The monoisotopic (exact) mass is 265 g/mol. The van der Waals surface area contributed by atoms with Gasteiger partial charge in [-0.1, -0.05) is 31.8 Å². The lowest BCUT2D eigenvalue weighted by Gasteiger charge is -2.04. The predicted octanol–water partition coefficient (Wildman–Crippen LogP) is 2.74. The Morgan fingerprint density at radius 3 is 2.63 bits per heavy atom. The minimum absolute atomic E-state index is 0.140. The molecule has 1 aromatic heterocycles. The van der Waals surface area contributed by atoms with Crippen molar-refractivity contribution in [3.63, 3.8) is 0 Å². The van der Waals surface area contributed by atoms with Gasteiger partial charge < -0.3 is 4.74 Å². The highest BCUT2D eigenvalue weighted by Gasteiger charge is 2.03. The molecule has 1 aromatic rings. The molecule has 19 heavy (non-hydrogen) atoms. The number of hydrogen-bond donors (Lipinski definition) is 0. The van der Waals surface area contributed by atoms with Gasteiger partial charge in [-0.3, -0.25) is 4.79 Å². The molecule has 5 nitrogen and oxygen atoms in total. The van der Waals surface area contributed by atoms with Crippen LogP contribution in [0.15, 0.2) is 25.3 Å². The third-order valence-corrected chi connectivity index (χ3v) is 2.82. The van der Waals surface area contributed by atoms with Gasteiger partial charge in [0, 0.05) is 0 Å². The number of aromatic nitrogens is 3. The average molecular weight is 265 g/mol. The standard InChI is InChI=1S/C14H23N3O2/c1-2-3-4-5-6-7-8-9-10-19-14(18)11-17-13-15-12-16-17/h2,12-13H,1,3-11H2. The van der Waals surface area contributed by atoms with Crippen LogP contribution in [0.1, 0.15) is 44.9 Å². The minimum Gasteiger partial charge on any atom is -0.464 e. The number of allylic oxidation sites excluding steroid dienone is 1. The minimum atomic E-state index is -0.253. The van der Waals surface area contributed by atoms with Gasteiger partial charge in [0.2, 0.25) is 0 Å². The fraction of sp³-hybridized carbons (Fsp3) is 0.643. The number of esters is 1. The second kappa shape index (κ2) is 10.3. The van der Waals surface area contributed by atoms with Crippen molar-refractivity contribution in [3.8, 4) is 0 Å². The molecular weight excluding hydrogens is 242 g/mol. The van der Waals surface area contributed by atoms with E-state index in [-0.39, 0.29) is 12.5 Å². The van der Waals surface area contributed by atoms with Crippen LogP contribution in [0.5, 0.6) is 0 Å². The van der Waals surface area contributed by atoms with E-state index in [2.05, 4.69) is 16.7 Å². The molecule has 0 spiro atoms. The highest BCUT2D eigenvalue weighted by Crippen LogP contribution is 2.07. The fourth-order valence-corrected chi connectivity index (χ4v) is 1.78. The van der Waals surface area contributed by atoms with Crippen molar-refractivity contribution >= 4 is 5.97 Å². The molecule has 0 fully saturated rings. The van der Waals surface area contributed by atoms with Crippen molar-refractivity contribution in [2.24, 2.45) is 0 Å². The maximum Gasteiger partial charge on any atom is 0.327 e. The molecule has 0 saturated carbocycles. The van der Waals surface area contributed by atoms with Gasteiger partial charge in [-0.25, -0.2) is 9.67 Å². The first-order valence-corrected chi connectivity index (χ1v) is 6.92. The second-order valence-corrected chi connectivity index (χ2v) is 4.51. The molecule has 1 rings (SSSR count). The quantitative estimate of drug-likeness (QED) is 0.351. The molecule has 0 aliphatic rings. The molecule has 0 aliphatic heterocycles. The van der Waals surface area contributed by atoms with Crippen LogP contribution in [0.4, 0.5) is 0 Å². The summed E-state index contributed by atoms with van der Waals surface area (Å²) in [5, 5.41) is 3.85. The van der Waals surface area contributed by atoms with Crippen LogP contribution in [-0.2, 0) is 16.1 Å². The van der Waals surface area contributed by atoms with E-state index in [1.807, 2.05) is 6.08 Å². The number of hydrogen-bond acceptors (Lipinski definition) is 4. The van der Waals surface area contributed by atoms with E-state index in [1.165, 1.54) is 43.0 Å². The molecule has 0 atom stereocenters. The van der Waals surface area contributed by atoms with E-state index in [0.29, 0.717) is 6.61 Å². The lowest BCUT2D eigenvalue weighted by molar-refractivity contribution is -0.144. The van der Waals surface area contributed by atoms with Crippen LogP contribution in [0, 0.1) is 0 Å². The normalized spacial score (nSPS) is 10.3. The zero-order valence-electron chi connectivity index (χ0n) is 11.5. The molecule has 0 aromatic carbocycles. The summed E-state index contributed by atoms with van der Waals surface area (Å²) >= 11 is 0. The molecule has 0 aliphatic carbocycles. The Hall–Kier alpha value is -1.65. The second-order valence-electron chi connectivity index (χ2n) is 4.51. The topological polar surface area (TPSA) is 57.0 Å². The Morgan fingerprint density at radius 1 is 1.21 bits per heavy atom. The molecule has 0 radical (unpaired) electrons. The molecular formula is C14H23N3O2. The van der Waals surface area contributed by atoms with Crippen molar-refractivity contribution in [3.05, 3.63) is 25.3 Å². The van der Waals surface area contributed by atoms with Gasteiger partial charge in [-0.05, 0) is 19.3 Å². The first kappa shape index (κ1) is 15.4. The summed E-state index contributed by atoms with van der Waals surface area (Å²) in [7, 11) is 0. The highest BCUT2D eigenvalue weighted by atomic mass is 16.5. The van der Waals surface area contributed by atoms with Crippen LogP contribution in [0.2, 0.25) is 0 Å². The average Bonchev–Trinajstić information content (AvgIpc) is 2.89. The van der Waals surface area contributed by atoms with Crippen molar-refractivity contribution in [1.29, 1.82) is 0 Å². The lowest BCUT2D eigenvalue weighted by Crippen LogP contribution is -2.14. The van der Waals surface area contributed by atoms with Gasteiger partial charge in [0.15, 0.2) is 0 Å². The van der Waals surface area contributed by atoms with Gasteiger partial charge >= 0.3 is 5.97 Å². The predicted molar refractivity (Wildman–Crippen MR) is 73.5 cm³/mol. The summed E-state index contributed by atoms with van der Waals surface area (Å²) in [6.45, 7) is 4.34. The van der Waals surface area contributed by atoms with E-state index in [1.54, 1.807) is 0 Å². The van der Waals surface area contributed by atoms with Gasteiger partial charge in [0.1, 0.15) is 19.2 Å². The Balaban J connectivity index is 1.87. The van der Waals surface area contributed by atoms with Crippen LogP contribution in [-0.4, -0.2) is 27.3 Å². The third kappa shape index (κ3) is 8.13. The van der Waals surface area contributed by atoms with Crippen molar-refractivity contribution < 1.29 is 9.53 Å². The number of carbonyl (C=O) groups is 1. The summed E-state index contributed by atoms with van der Waals surface area (Å²) in [6, 6.07) is 0. The van der Waals surface area contributed by atoms with E-state index in [9.17, 15) is 4.79 Å². The summed E-state index contributed by atoms with van der Waals surface area (Å²) in [4.78, 5) is 15.2. The highest BCUT2D eigenvalue weighted by molar-refractivity contribution is 5.68. The van der Waals surface area contributed by atoms with Crippen LogP contribution in [0.3, 0.4) is 0 Å². The number of ether oxygens (including phenoxy) is 1. The number of rotatable bonds is 11. The summed E-state index contributed by atoms with van der Waals surface area (Å²) in [6.07, 6.45) is 13.0. The fourth-order valence-electron chi connectivity index (χ4n) is 1.78. The molecule has 0 saturated heterocycles. The molecule has 0 bridgehead atoms. The molecule has 0 amide bonds. The van der Waals surface area contributed by atoms with E-state index in [0.717, 1.165) is 19.3 Å². The third-order valence-electron chi connectivity index (χ3n) is 2.82. The van der Waals surface area contributed by atoms with E-state index in [4.69, 9.17) is 4.74 Å². The van der Waals surface area contributed by atoms with Crippen molar-refractivity contribution in [2.45, 2.75) is 51.5 Å². The number of unbranched alkanes of at least 4 members (excludes halogenated alkanes) is 6. The zero-order valence-corrected chi connectivity index (χ0v) is 11.5. The van der Waals surface area contributed by atoms with Crippen LogP contribution < -0.4 is 0 Å². The Bertz CT molecular complexity index is 350. The molecule has 0 N–H and O–H groups in total. The van der Waals surface area contributed by atoms with E-state index >= 15 is 0 Å². The van der Waals surface area contributed by atoms with Crippen LogP contribution >= 0.6 is 0 Å². The van der Waals surface area contributed by atoms with Gasteiger partial charge in [0.05, 0.1) is 6.61 Å². The van der Waals surface area contributed by atoms with Gasteiger partial charge in [-0.15, -0.1) is 6.58 Å². The van der Waals surface area contributed by atoms with Crippen molar-refractivity contribution in [2.75, 3.05) is 6.61 Å². The van der Waals surface area contributed by atoms with Crippen molar-refractivity contribution in [1.82, 2.24) is 14.8 Å². The summed E-state index contributed by atoms with van der Waals surface area (Å²) < 4.78 is 6.58. The largest absolute Gasteiger partial charge is 0.464 e. The van der Waals surface area contributed by atoms with Gasteiger partial charge in [0.25, 0.3) is 0 Å². The zero-order chi connectivity index (χ0) is 13.8. The first-order chi connectivity index (χ1) is 9.33. The summed E-state index contributed by atoms with van der Waals surface area (Å²) in [5.74, 6) is -0.253. The molecule has 0 unspecified atom stereocenters. The van der Waals surface area contributed by atoms with E-state index < -0.39 is 0 Å². The SMILES string of the molecule is C=CCCCCCCCCOC(=O)Cn1cncn1. The lowest BCUT2D eigenvalue weighted by atomic mass is 10.1. The number of carbonyl (C=O) groups excluding carboxylic acids is 1. The first-order valence-electron chi connectivity index (χ1n) is 6.92. The molecule has 1 heterocycles. The molecule has 5 heteroatoms. The Morgan fingerprint density at radius 2 is 1.95 bits per heavy atom. The smallest absolute Gasteiger partial charge is 0.327 e. The van der Waals surface area contributed by atoms with Gasteiger partial charge in [-0.2, -0.15) is 5.10 Å². The number of nitrogens with zero attached hydrogens (tertiary/aromatic N) is 3. The molecule has 106 valence electrons. The maximum absolute atomic E-state index is 11.4. The van der Waals surface area contributed by atoms with Crippen LogP contribution in [0.25, 0.3) is 0 Å². The maximum atomic E-state index is 11.4. The Kier molecular flexibility index (Phi) is 8.34. The Labute approximate surface area is 114 Å². The summed E-state index contributed by atoms with van der Waals surface area (Å²) in [5.41, 5.74) is 0.